The van der Waals surface area contributed by atoms with Crippen molar-refractivity contribution in [3.8, 4) is 0 Å². The van der Waals surface area contributed by atoms with Crippen LogP contribution in [0.2, 0.25) is 0 Å². The zero-order valence-corrected chi connectivity index (χ0v) is 29.9. The molecule has 3 fully saturated rings. The number of thiophene rings is 2. The minimum Gasteiger partial charge on any atom is -0.450 e. The van der Waals surface area contributed by atoms with E-state index in [4.69, 9.17) is 4.74 Å². The van der Waals surface area contributed by atoms with E-state index in [-0.39, 0.29) is 47.7 Å². The summed E-state index contributed by atoms with van der Waals surface area (Å²) in [6.45, 7) is 7.44. The van der Waals surface area contributed by atoms with Gasteiger partial charge in [-0.05, 0) is 105 Å². The monoisotopic (exact) mass is 685 g/mol. The van der Waals surface area contributed by atoms with E-state index in [0.29, 0.717) is 25.8 Å². The van der Waals surface area contributed by atoms with Gasteiger partial charge in [0.2, 0.25) is 0 Å². The van der Waals surface area contributed by atoms with Crippen LogP contribution in [0.1, 0.15) is 80.3 Å². The fourth-order valence-electron chi connectivity index (χ4n) is 11.3. The van der Waals surface area contributed by atoms with Crippen LogP contribution in [0.25, 0.3) is 10.1 Å². The maximum Gasteiger partial charge on any atom is 0.409 e. The van der Waals surface area contributed by atoms with E-state index in [0.717, 1.165) is 52.6 Å². The van der Waals surface area contributed by atoms with Crippen LogP contribution in [-0.4, -0.2) is 58.4 Å². The van der Waals surface area contributed by atoms with Crippen molar-refractivity contribution in [2.24, 2.45) is 33.5 Å². The van der Waals surface area contributed by atoms with E-state index >= 15 is 0 Å². The van der Waals surface area contributed by atoms with Crippen molar-refractivity contribution in [2.45, 2.75) is 83.8 Å². The molecule has 254 valence electrons. The van der Waals surface area contributed by atoms with Crippen LogP contribution >= 0.6 is 22.7 Å². The van der Waals surface area contributed by atoms with Gasteiger partial charge >= 0.3 is 6.09 Å². The summed E-state index contributed by atoms with van der Waals surface area (Å²) in [5.74, 6) is 0.343. The number of aliphatic hydroxyl groups excluding tert-OH is 1. The Morgan fingerprint density at radius 2 is 1.77 bits per heavy atom. The number of carbonyl (C=O) groups is 2. The number of carbonyl (C=O) groups excluding carboxylic acids is 2. The number of aliphatic hydroxyl groups is 2. The number of hydrogen-bond donors (Lipinski definition) is 2. The van der Waals surface area contributed by atoms with Gasteiger partial charge in [0.1, 0.15) is 0 Å². The van der Waals surface area contributed by atoms with Gasteiger partial charge < -0.3 is 19.8 Å². The van der Waals surface area contributed by atoms with Crippen molar-refractivity contribution in [1.29, 1.82) is 0 Å². The van der Waals surface area contributed by atoms with Crippen LogP contribution in [0.5, 0.6) is 0 Å². The van der Waals surface area contributed by atoms with Crippen molar-refractivity contribution in [1.82, 2.24) is 4.90 Å². The van der Waals surface area contributed by atoms with Crippen molar-refractivity contribution in [2.75, 3.05) is 19.7 Å². The summed E-state index contributed by atoms with van der Waals surface area (Å²) in [5, 5.41) is 27.0. The summed E-state index contributed by atoms with van der Waals surface area (Å²) in [6.07, 6.45) is 12.3. The Balaban J connectivity index is 1.20. The molecule has 2 bridgehead atoms. The molecule has 9 rings (SSSR count). The maximum absolute atomic E-state index is 15.0. The first-order valence-corrected chi connectivity index (χ1v) is 19.5. The fourth-order valence-corrected chi connectivity index (χ4v) is 13.0. The molecule has 0 saturated heterocycles. The minimum absolute atomic E-state index is 0.0258. The van der Waals surface area contributed by atoms with Gasteiger partial charge in [-0.2, -0.15) is 0 Å². The third-order valence-corrected chi connectivity index (χ3v) is 15.8. The predicted molar refractivity (Wildman–Crippen MR) is 191 cm³/mol. The number of nitrogens with zero attached hydrogens (tertiary/aromatic N) is 1. The standard InChI is InChI=1S/C40H47NO5S2/c1-4-46-35(44)41(20-14-28-9-7-21-47-28)25-39(45)17-13-33-37(39,3)16-12-32-36(2)15-11-27(42)23-38(36)18-19-40(32,33)29(24-38)34(43)31-22-26-8-5-6-10-30(26)48-31/h5-10,18-19,21-22,24,27,32-33,42,45H,4,11-17,20,23,25H2,1-3H3/t27?,32-,33-,36-,37+,38+,39-,40-/m1/s1. The molecule has 48 heavy (non-hydrogen) atoms. The number of allylic oxidation sites excluding steroid dienone is 4. The molecular weight excluding hydrogens is 639 g/mol. The molecule has 6 aliphatic carbocycles. The molecule has 3 saturated carbocycles. The molecule has 2 N–H and O–H groups in total. The number of Topliss-reactive ketones (excluding diaryl/α,β-unsaturated/α-hetero) is 1. The Bertz CT molecular complexity index is 1780. The highest BCUT2D eigenvalue weighted by Gasteiger charge is 2.74. The Kier molecular flexibility index (Phi) is 7.68. The number of rotatable bonds is 8. The molecule has 8 heteroatoms. The second-order valence-electron chi connectivity index (χ2n) is 15.7. The lowest BCUT2D eigenvalue weighted by Gasteiger charge is -2.71. The molecule has 1 unspecified atom stereocenters. The maximum atomic E-state index is 15.0. The Hall–Kier alpha value is -2.78. The lowest BCUT2D eigenvalue weighted by Crippen LogP contribution is -2.67. The third-order valence-electron chi connectivity index (χ3n) is 13.8. The van der Waals surface area contributed by atoms with Gasteiger partial charge in [-0.1, -0.05) is 56.3 Å². The molecule has 3 aromatic rings. The zero-order valence-electron chi connectivity index (χ0n) is 28.2. The van der Waals surface area contributed by atoms with Gasteiger partial charge in [0.25, 0.3) is 0 Å². The number of ether oxygens (including phenoxy) is 1. The molecule has 1 aromatic carbocycles. The van der Waals surface area contributed by atoms with Crippen LogP contribution in [0, 0.1) is 33.5 Å². The summed E-state index contributed by atoms with van der Waals surface area (Å²) >= 11 is 3.24. The highest BCUT2D eigenvalue weighted by Crippen LogP contribution is 2.78. The highest BCUT2D eigenvalue weighted by molar-refractivity contribution is 7.21. The molecule has 2 aromatic heterocycles. The molecule has 2 heterocycles. The molecule has 8 atom stereocenters. The number of ketones is 1. The van der Waals surface area contributed by atoms with Gasteiger partial charge in [-0.3, -0.25) is 4.79 Å². The van der Waals surface area contributed by atoms with Crippen LogP contribution < -0.4 is 0 Å². The Morgan fingerprint density at radius 3 is 2.54 bits per heavy atom. The largest absolute Gasteiger partial charge is 0.450 e. The average molecular weight is 686 g/mol. The summed E-state index contributed by atoms with van der Waals surface area (Å²) in [4.78, 5) is 32.0. The Morgan fingerprint density at radius 1 is 1.00 bits per heavy atom. The Labute approximate surface area is 291 Å². The smallest absolute Gasteiger partial charge is 0.409 e. The minimum atomic E-state index is -1.13. The van der Waals surface area contributed by atoms with E-state index in [1.807, 2.05) is 36.6 Å². The molecular formula is C40H47NO5S2. The summed E-state index contributed by atoms with van der Waals surface area (Å²) in [5.41, 5.74) is -1.78. The van der Waals surface area contributed by atoms with Gasteiger partial charge in [0.15, 0.2) is 5.78 Å². The molecule has 2 spiro atoms. The molecule has 0 radical (unpaired) electrons. The van der Waals surface area contributed by atoms with E-state index in [2.05, 4.69) is 50.3 Å². The number of fused-ring (bicyclic) bond motifs is 2. The third kappa shape index (κ3) is 4.47. The second-order valence-corrected chi connectivity index (χ2v) is 17.9. The molecule has 6 nitrogen and oxygen atoms in total. The first-order valence-electron chi connectivity index (χ1n) is 17.8. The predicted octanol–water partition coefficient (Wildman–Crippen LogP) is 8.44. The van der Waals surface area contributed by atoms with Crippen LogP contribution in [0.4, 0.5) is 4.79 Å². The van der Waals surface area contributed by atoms with Crippen LogP contribution in [-0.2, 0) is 11.2 Å². The molecule has 0 aliphatic heterocycles. The van der Waals surface area contributed by atoms with E-state index in [9.17, 15) is 19.8 Å². The number of amides is 1. The lowest BCUT2D eigenvalue weighted by molar-refractivity contribution is -0.175. The van der Waals surface area contributed by atoms with E-state index < -0.39 is 22.5 Å². The van der Waals surface area contributed by atoms with Gasteiger partial charge in [0, 0.05) is 37.9 Å². The topological polar surface area (TPSA) is 87.1 Å². The van der Waals surface area contributed by atoms with Crippen LogP contribution in [0.3, 0.4) is 0 Å². The van der Waals surface area contributed by atoms with Gasteiger partial charge in [-0.25, -0.2) is 4.79 Å². The normalized spacial score (nSPS) is 37.9. The zero-order chi connectivity index (χ0) is 33.5. The first kappa shape index (κ1) is 32.4. The summed E-state index contributed by atoms with van der Waals surface area (Å²) in [6, 6.07) is 14.3. The molecule has 6 aliphatic rings. The SMILES string of the molecule is CCOC(=O)N(CCc1cccs1)C[C@]1(O)CC[C@H]2[C@]34C=C[C@@]5(C=C3C(=O)c3cc6ccccc6s3)CC(O)CC[C@]5(C)[C@H]4CC[C@@]21C. The van der Waals surface area contributed by atoms with Crippen molar-refractivity contribution in [3.63, 3.8) is 0 Å². The van der Waals surface area contributed by atoms with Gasteiger partial charge in [0.05, 0.1) is 29.7 Å². The summed E-state index contributed by atoms with van der Waals surface area (Å²) < 4.78 is 6.63. The highest BCUT2D eigenvalue weighted by atomic mass is 32.1. The second kappa shape index (κ2) is 11.4. The van der Waals surface area contributed by atoms with Crippen molar-refractivity contribution in [3.05, 3.63) is 81.4 Å². The quantitative estimate of drug-likeness (QED) is 0.184. The van der Waals surface area contributed by atoms with Crippen molar-refractivity contribution < 1.29 is 24.5 Å². The number of hydrogen-bond acceptors (Lipinski definition) is 7. The van der Waals surface area contributed by atoms with Crippen LogP contribution in [0.15, 0.2) is 71.6 Å². The number of benzene rings is 1. The first-order chi connectivity index (χ1) is 23.0. The summed E-state index contributed by atoms with van der Waals surface area (Å²) in [7, 11) is 0. The van der Waals surface area contributed by atoms with Gasteiger partial charge in [-0.15, -0.1) is 22.7 Å². The van der Waals surface area contributed by atoms with E-state index in [1.165, 1.54) is 4.88 Å². The average Bonchev–Trinajstić information content (AvgIpc) is 3.81. The fraction of sp³-hybridized carbons (Fsp3) is 0.550. The lowest BCUT2D eigenvalue weighted by atomic mass is 9.32. The molecule has 1 amide bonds. The van der Waals surface area contributed by atoms with E-state index in [1.54, 1.807) is 27.6 Å². The van der Waals surface area contributed by atoms with Crippen molar-refractivity contribution >= 4 is 44.6 Å².